The van der Waals surface area contributed by atoms with Crippen LogP contribution in [-0.2, 0) is 22.3 Å². The van der Waals surface area contributed by atoms with Crippen molar-refractivity contribution >= 4 is 31.8 Å². The summed E-state index contributed by atoms with van der Waals surface area (Å²) in [6.45, 7) is 2.57. The minimum absolute atomic E-state index is 0.0209. The number of hydrogen-bond donors (Lipinski definition) is 2. The van der Waals surface area contributed by atoms with Crippen LogP contribution in [0.15, 0.2) is 41.0 Å². The number of nitrogens with zero attached hydrogens (tertiary/aromatic N) is 1. The Morgan fingerprint density at radius 3 is 2.64 bits per heavy atom. The summed E-state index contributed by atoms with van der Waals surface area (Å²) in [6, 6.07) is 9.50. The summed E-state index contributed by atoms with van der Waals surface area (Å²) in [5, 5.41) is 3.26. The second-order valence-electron chi connectivity index (χ2n) is 4.96. The Bertz CT molecular complexity index is 763. The third-order valence-electron chi connectivity index (χ3n) is 3.16. The second kappa shape index (κ2) is 7.21. The molecular formula is C15H18BrN3O2S. The molecule has 22 heavy (non-hydrogen) atoms. The van der Waals surface area contributed by atoms with Crippen molar-refractivity contribution in [2.75, 3.05) is 12.4 Å². The zero-order chi connectivity index (χ0) is 16.2. The molecule has 0 aliphatic heterocycles. The van der Waals surface area contributed by atoms with Crippen molar-refractivity contribution in [2.24, 2.45) is 0 Å². The molecule has 1 aromatic carbocycles. The molecule has 1 aromatic heterocycles. The summed E-state index contributed by atoms with van der Waals surface area (Å²) >= 11 is 3.38. The predicted molar refractivity (Wildman–Crippen MR) is 92.1 cm³/mol. The van der Waals surface area contributed by atoms with Crippen molar-refractivity contribution in [3.8, 4) is 0 Å². The van der Waals surface area contributed by atoms with Gasteiger partial charge in [-0.15, -0.1) is 0 Å². The van der Waals surface area contributed by atoms with E-state index >= 15 is 0 Å². The molecule has 2 N–H and O–H groups in total. The fraction of sp³-hybridized carbons (Fsp3) is 0.267. The number of pyridine rings is 1. The molecule has 0 aliphatic carbocycles. The average Bonchev–Trinajstić information content (AvgIpc) is 2.46. The highest BCUT2D eigenvalue weighted by molar-refractivity contribution is 9.10. The van der Waals surface area contributed by atoms with Gasteiger partial charge in [0.15, 0.2) is 0 Å². The number of nitrogens with one attached hydrogen (secondary N) is 2. The molecule has 0 spiro atoms. The standard InChI is InChI=1S/C15H18BrN3O2S/c1-11-6-14(16)9-19-15(11)18-8-12-4-3-5-13(7-12)10-22(20,21)17-2/h3-7,9,17H,8,10H2,1-2H3,(H,18,19). The largest absolute Gasteiger partial charge is 0.366 e. The smallest absolute Gasteiger partial charge is 0.215 e. The van der Waals surface area contributed by atoms with Crippen LogP contribution < -0.4 is 10.0 Å². The van der Waals surface area contributed by atoms with Crippen LogP contribution in [0.4, 0.5) is 5.82 Å². The summed E-state index contributed by atoms with van der Waals surface area (Å²) in [4.78, 5) is 4.32. The fourth-order valence-electron chi connectivity index (χ4n) is 2.03. The maximum atomic E-state index is 11.6. The SMILES string of the molecule is CNS(=O)(=O)Cc1cccc(CNc2ncc(Br)cc2C)c1. The van der Waals surface area contributed by atoms with E-state index in [0.717, 1.165) is 27.0 Å². The summed E-state index contributed by atoms with van der Waals surface area (Å²) in [7, 11) is -1.84. The van der Waals surface area contributed by atoms with Gasteiger partial charge in [0, 0.05) is 17.2 Å². The second-order valence-corrected chi connectivity index (χ2v) is 7.80. The first kappa shape index (κ1) is 16.9. The predicted octanol–water partition coefficient (Wildman–Crippen LogP) is 2.81. The van der Waals surface area contributed by atoms with Crippen LogP contribution in [0.1, 0.15) is 16.7 Å². The van der Waals surface area contributed by atoms with Gasteiger partial charge in [0.2, 0.25) is 10.0 Å². The Balaban J connectivity index is 2.07. The number of halogens is 1. The van der Waals surface area contributed by atoms with E-state index in [2.05, 4.69) is 31.0 Å². The normalized spacial score (nSPS) is 11.4. The van der Waals surface area contributed by atoms with Crippen LogP contribution in [0.25, 0.3) is 0 Å². The number of aromatic nitrogens is 1. The van der Waals surface area contributed by atoms with Crippen molar-refractivity contribution in [1.29, 1.82) is 0 Å². The van der Waals surface area contributed by atoms with Gasteiger partial charge in [-0.3, -0.25) is 0 Å². The van der Waals surface area contributed by atoms with E-state index < -0.39 is 10.0 Å². The molecule has 0 bridgehead atoms. The van der Waals surface area contributed by atoms with Crippen LogP contribution in [0.2, 0.25) is 0 Å². The van der Waals surface area contributed by atoms with Crippen molar-refractivity contribution in [3.63, 3.8) is 0 Å². The topological polar surface area (TPSA) is 71.1 Å². The molecule has 0 aliphatic rings. The Labute approximate surface area is 139 Å². The fourth-order valence-corrected chi connectivity index (χ4v) is 3.24. The van der Waals surface area contributed by atoms with Gasteiger partial charge >= 0.3 is 0 Å². The van der Waals surface area contributed by atoms with Gasteiger partial charge in [0.1, 0.15) is 5.82 Å². The minimum atomic E-state index is -3.26. The van der Waals surface area contributed by atoms with Crippen molar-refractivity contribution in [1.82, 2.24) is 9.71 Å². The molecule has 2 aromatic rings. The Hall–Kier alpha value is -1.44. The average molecular weight is 384 g/mol. The van der Waals surface area contributed by atoms with E-state index in [0.29, 0.717) is 6.54 Å². The molecule has 0 radical (unpaired) electrons. The first-order valence-electron chi connectivity index (χ1n) is 6.74. The van der Waals surface area contributed by atoms with Gasteiger partial charge in [-0.2, -0.15) is 0 Å². The first-order chi connectivity index (χ1) is 10.4. The molecule has 7 heteroatoms. The maximum Gasteiger partial charge on any atom is 0.215 e. The highest BCUT2D eigenvalue weighted by Crippen LogP contribution is 2.18. The Morgan fingerprint density at radius 2 is 1.95 bits per heavy atom. The zero-order valence-corrected chi connectivity index (χ0v) is 14.8. The van der Waals surface area contributed by atoms with Crippen LogP contribution >= 0.6 is 15.9 Å². The lowest BCUT2D eigenvalue weighted by molar-refractivity contribution is 0.587. The van der Waals surface area contributed by atoms with E-state index in [1.807, 2.05) is 37.3 Å². The van der Waals surface area contributed by atoms with Crippen molar-refractivity contribution < 1.29 is 8.42 Å². The van der Waals surface area contributed by atoms with Crippen molar-refractivity contribution in [3.05, 3.63) is 57.7 Å². The van der Waals surface area contributed by atoms with Crippen LogP contribution in [-0.4, -0.2) is 20.4 Å². The highest BCUT2D eigenvalue weighted by Gasteiger charge is 2.09. The number of sulfonamides is 1. The lowest BCUT2D eigenvalue weighted by Crippen LogP contribution is -2.20. The number of rotatable bonds is 6. The van der Waals surface area contributed by atoms with E-state index in [4.69, 9.17) is 0 Å². The third-order valence-corrected chi connectivity index (χ3v) is 4.93. The van der Waals surface area contributed by atoms with Crippen molar-refractivity contribution in [2.45, 2.75) is 19.2 Å². The monoisotopic (exact) mass is 383 g/mol. The molecule has 2 rings (SSSR count). The number of benzene rings is 1. The van der Waals surface area contributed by atoms with Gasteiger partial charge in [-0.05, 0) is 52.7 Å². The molecule has 1 heterocycles. The van der Waals surface area contributed by atoms with Gasteiger partial charge in [-0.1, -0.05) is 24.3 Å². The molecule has 118 valence electrons. The molecule has 5 nitrogen and oxygen atoms in total. The lowest BCUT2D eigenvalue weighted by Gasteiger charge is -2.10. The van der Waals surface area contributed by atoms with Crippen LogP contribution in [0.5, 0.6) is 0 Å². The molecule has 0 unspecified atom stereocenters. The Morgan fingerprint density at radius 1 is 1.23 bits per heavy atom. The molecule has 0 amide bonds. The minimum Gasteiger partial charge on any atom is -0.366 e. The quantitative estimate of drug-likeness (QED) is 0.804. The molecule has 0 saturated heterocycles. The number of aryl methyl sites for hydroxylation is 1. The first-order valence-corrected chi connectivity index (χ1v) is 9.19. The van der Waals surface area contributed by atoms with Crippen LogP contribution in [0, 0.1) is 6.92 Å². The van der Waals surface area contributed by atoms with E-state index in [1.165, 1.54) is 7.05 Å². The molecule has 0 saturated carbocycles. The Kier molecular flexibility index (Phi) is 5.55. The number of hydrogen-bond acceptors (Lipinski definition) is 4. The number of anilines is 1. The summed E-state index contributed by atoms with van der Waals surface area (Å²) < 4.78 is 26.5. The zero-order valence-electron chi connectivity index (χ0n) is 12.4. The lowest BCUT2D eigenvalue weighted by atomic mass is 10.1. The summed E-state index contributed by atoms with van der Waals surface area (Å²) in [5.74, 6) is 0.795. The van der Waals surface area contributed by atoms with Gasteiger partial charge in [-0.25, -0.2) is 18.1 Å². The molecular weight excluding hydrogens is 366 g/mol. The third kappa shape index (κ3) is 4.79. The summed E-state index contributed by atoms with van der Waals surface area (Å²) in [5.41, 5.74) is 2.81. The summed E-state index contributed by atoms with van der Waals surface area (Å²) in [6.07, 6.45) is 1.74. The highest BCUT2D eigenvalue weighted by atomic mass is 79.9. The maximum absolute atomic E-state index is 11.6. The molecule has 0 fully saturated rings. The molecule has 0 atom stereocenters. The van der Waals surface area contributed by atoms with E-state index in [9.17, 15) is 8.42 Å². The van der Waals surface area contributed by atoms with Gasteiger partial charge in [0.25, 0.3) is 0 Å². The van der Waals surface area contributed by atoms with Gasteiger partial charge < -0.3 is 5.32 Å². The van der Waals surface area contributed by atoms with Crippen LogP contribution in [0.3, 0.4) is 0 Å². The van der Waals surface area contributed by atoms with Gasteiger partial charge in [0.05, 0.1) is 5.75 Å². The van der Waals surface area contributed by atoms with E-state index in [-0.39, 0.29) is 5.75 Å². The van der Waals surface area contributed by atoms with E-state index in [1.54, 1.807) is 6.20 Å².